The second-order valence-corrected chi connectivity index (χ2v) is 4.88. The summed E-state index contributed by atoms with van der Waals surface area (Å²) in [5, 5.41) is 3.32. The number of hydrogen-bond donors (Lipinski definition) is 2. The van der Waals surface area contributed by atoms with E-state index in [1.807, 2.05) is 24.3 Å². The van der Waals surface area contributed by atoms with E-state index in [1.54, 1.807) is 0 Å². The van der Waals surface area contributed by atoms with Crippen molar-refractivity contribution in [3.05, 3.63) is 24.3 Å². The molecule has 0 spiro atoms. The van der Waals surface area contributed by atoms with Gasteiger partial charge in [-0.1, -0.05) is 12.1 Å². The quantitative estimate of drug-likeness (QED) is 0.881. The van der Waals surface area contributed by atoms with Gasteiger partial charge in [0.25, 0.3) is 0 Å². The molecule has 2 heterocycles. The van der Waals surface area contributed by atoms with Crippen LogP contribution in [-0.2, 0) is 4.74 Å². The smallest absolute Gasteiger partial charge is 0.169 e. The third-order valence-electron chi connectivity index (χ3n) is 3.50. The fraction of sp³-hybridized carbons (Fsp3) is 0.429. The first-order valence-electron chi connectivity index (χ1n) is 6.67. The Morgan fingerprint density at radius 1 is 1.16 bits per heavy atom. The number of fused-ring (bicyclic) bond motifs is 1. The SMILES string of the molecule is Nc1nc2ccccc2nc1NCC1CCOCC1. The van der Waals surface area contributed by atoms with Gasteiger partial charge < -0.3 is 15.8 Å². The number of nitrogen functional groups attached to an aromatic ring is 1. The molecule has 0 saturated carbocycles. The van der Waals surface area contributed by atoms with Crippen LogP contribution in [0.25, 0.3) is 11.0 Å². The molecule has 0 aliphatic carbocycles. The first-order valence-corrected chi connectivity index (χ1v) is 6.67. The second kappa shape index (κ2) is 5.40. The number of benzene rings is 1. The molecule has 1 aliphatic heterocycles. The summed E-state index contributed by atoms with van der Waals surface area (Å²) < 4.78 is 5.35. The molecule has 19 heavy (non-hydrogen) atoms. The number of anilines is 2. The van der Waals surface area contributed by atoms with Gasteiger partial charge in [0.2, 0.25) is 0 Å². The van der Waals surface area contributed by atoms with Gasteiger partial charge >= 0.3 is 0 Å². The Kier molecular flexibility index (Phi) is 3.46. The van der Waals surface area contributed by atoms with Crippen molar-refractivity contribution in [3.8, 4) is 0 Å². The average molecular weight is 258 g/mol. The fourth-order valence-corrected chi connectivity index (χ4v) is 2.34. The molecule has 5 heteroatoms. The Morgan fingerprint density at radius 3 is 2.58 bits per heavy atom. The zero-order valence-corrected chi connectivity index (χ0v) is 10.8. The van der Waals surface area contributed by atoms with Crippen LogP contribution in [0, 0.1) is 5.92 Å². The highest BCUT2D eigenvalue weighted by Gasteiger charge is 2.14. The molecule has 5 nitrogen and oxygen atoms in total. The summed E-state index contributed by atoms with van der Waals surface area (Å²) in [7, 11) is 0. The van der Waals surface area contributed by atoms with E-state index < -0.39 is 0 Å². The molecule has 0 atom stereocenters. The minimum atomic E-state index is 0.464. The summed E-state index contributed by atoms with van der Waals surface area (Å²) in [6.45, 7) is 2.58. The van der Waals surface area contributed by atoms with Crippen LogP contribution in [0.4, 0.5) is 11.6 Å². The predicted molar refractivity (Wildman–Crippen MR) is 76.0 cm³/mol. The third kappa shape index (κ3) is 2.76. The first-order chi connectivity index (χ1) is 9.33. The van der Waals surface area contributed by atoms with Crippen LogP contribution < -0.4 is 11.1 Å². The van der Waals surface area contributed by atoms with Crippen molar-refractivity contribution in [2.75, 3.05) is 30.8 Å². The van der Waals surface area contributed by atoms with Gasteiger partial charge in [-0.15, -0.1) is 0 Å². The Labute approximate surface area is 112 Å². The molecule has 1 saturated heterocycles. The monoisotopic (exact) mass is 258 g/mol. The molecule has 1 aromatic heterocycles. The molecule has 0 radical (unpaired) electrons. The minimum absolute atomic E-state index is 0.464. The number of hydrogen-bond acceptors (Lipinski definition) is 5. The Hall–Kier alpha value is -1.88. The molecule has 0 amide bonds. The van der Waals surface area contributed by atoms with Crippen LogP contribution in [-0.4, -0.2) is 29.7 Å². The van der Waals surface area contributed by atoms with E-state index in [0.717, 1.165) is 43.6 Å². The molecule has 1 aromatic carbocycles. The lowest BCUT2D eigenvalue weighted by molar-refractivity contribution is 0.0699. The van der Waals surface area contributed by atoms with Crippen LogP contribution in [0.5, 0.6) is 0 Å². The van der Waals surface area contributed by atoms with Crippen LogP contribution >= 0.6 is 0 Å². The maximum atomic E-state index is 5.94. The lowest BCUT2D eigenvalue weighted by Gasteiger charge is -2.22. The van der Waals surface area contributed by atoms with Crippen LogP contribution in [0.2, 0.25) is 0 Å². The molecule has 2 aromatic rings. The van der Waals surface area contributed by atoms with E-state index in [4.69, 9.17) is 10.5 Å². The first kappa shape index (κ1) is 12.2. The maximum absolute atomic E-state index is 5.94. The normalized spacial score (nSPS) is 16.6. The summed E-state index contributed by atoms with van der Waals surface area (Å²) in [5.74, 6) is 1.78. The highest BCUT2D eigenvalue weighted by atomic mass is 16.5. The van der Waals surface area contributed by atoms with Gasteiger partial charge in [-0.3, -0.25) is 0 Å². The number of nitrogens with two attached hydrogens (primary N) is 1. The highest BCUT2D eigenvalue weighted by molar-refractivity contribution is 5.79. The zero-order valence-electron chi connectivity index (χ0n) is 10.8. The van der Waals surface area contributed by atoms with Gasteiger partial charge in [0.05, 0.1) is 11.0 Å². The van der Waals surface area contributed by atoms with Gasteiger partial charge in [-0.05, 0) is 30.9 Å². The van der Waals surface area contributed by atoms with E-state index in [9.17, 15) is 0 Å². The van der Waals surface area contributed by atoms with Gasteiger partial charge in [-0.2, -0.15) is 0 Å². The molecule has 0 bridgehead atoms. The number of nitrogens with zero attached hydrogens (tertiary/aromatic N) is 2. The molecule has 1 fully saturated rings. The van der Waals surface area contributed by atoms with Gasteiger partial charge in [-0.25, -0.2) is 9.97 Å². The van der Waals surface area contributed by atoms with Crippen molar-refractivity contribution in [1.82, 2.24) is 9.97 Å². The number of rotatable bonds is 3. The van der Waals surface area contributed by atoms with Crippen molar-refractivity contribution in [1.29, 1.82) is 0 Å². The van der Waals surface area contributed by atoms with Crippen molar-refractivity contribution < 1.29 is 4.74 Å². The molecule has 100 valence electrons. The van der Waals surface area contributed by atoms with Crippen LogP contribution in [0.3, 0.4) is 0 Å². The summed E-state index contributed by atoms with van der Waals surface area (Å²) in [6.07, 6.45) is 2.18. The summed E-state index contributed by atoms with van der Waals surface area (Å²) in [4.78, 5) is 8.90. The Balaban J connectivity index is 1.74. The van der Waals surface area contributed by atoms with Crippen LogP contribution in [0.15, 0.2) is 24.3 Å². The number of nitrogens with one attached hydrogen (secondary N) is 1. The number of aromatic nitrogens is 2. The Bertz CT molecular complexity index is 566. The van der Waals surface area contributed by atoms with Gasteiger partial charge in [0, 0.05) is 19.8 Å². The largest absolute Gasteiger partial charge is 0.381 e. The van der Waals surface area contributed by atoms with E-state index in [-0.39, 0.29) is 0 Å². The summed E-state index contributed by atoms with van der Waals surface area (Å²) in [6, 6.07) is 7.75. The third-order valence-corrected chi connectivity index (χ3v) is 3.50. The zero-order chi connectivity index (χ0) is 13.1. The topological polar surface area (TPSA) is 73.1 Å². The average Bonchev–Trinajstić information content (AvgIpc) is 2.46. The predicted octanol–water partition coefficient (Wildman–Crippen LogP) is 2.05. The van der Waals surface area contributed by atoms with E-state index >= 15 is 0 Å². The van der Waals surface area contributed by atoms with E-state index in [2.05, 4.69) is 15.3 Å². The standard InChI is InChI=1S/C14H18N4O/c15-13-14(16-9-10-5-7-19-8-6-10)18-12-4-2-1-3-11(12)17-13/h1-4,10H,5-9H2,(H2,15,17)(H,16,18). The molecule has 3 N–H and O–H groups in total. The molecular formula is C14H18N4O. The fourth-order valence-electron chi connectivity index (χ4n) is 2.34. The maximum Gasteiger partial charge on any atom is 0.169 e. The van der Waals surface area contributed by atoms with E-state index in [0.29, 0.717) is 17.6 Å². The van der Waals surface area contributed by atoms with Crippen molar-refractivity contribution in [3.63, 3.8) is 0 Å². The number of ether oxygens (including phenoxy) is 1. The molecular weight excluding hydrogens is 240 g/mol. The lowest BCUT2D eigenvalue weighted by Crippen LogP contribution is -2.23. The summed E-state index contributed by atoms with van der Waals surface area (Å²) >= 11 is 0. The molecule has 3 rings (SSSR count). The van der Waals surface area contributed by atoms with Crippen molar-refractivity contribution in [2.45, 2.75) is 12.8 Å². The number of para-hydroxylation sites is 2. The van der Waals surface area contributed by atoms with Gasteiger partial charge in [0.1, 0.15) is 0 Å². The van der Waals surface area contributed by atoms with Crippen molar-refractivity contribution in [2.24, 2.45) is 5.92 Å². The van der Waals surface area contributed by atoms with Crippen molar-refractivity contribution >= 4 is 22.7 Å². The van der Waals surface area contributed by atoms with E-state index in [1.165, 1.54) is 0 Å². The highest BCUT2D eigenvalue weighted by Crippen LogP contribution is 2.20. The summed E-state index contributed by atoms with van der Waals surface area (Å²) in [5.41, 5.74) is 7.64. The molecule has 1 aliphatic rings. The molecule has 0 unspecified atom stereocenters. The lowest BCUT2D eigenvalue weighted by atomic mass is 10.0. The minimum Gasteiger partial charge on any atom is -0.381 e. The second-order valence-electron chi connectivity index (χ2n) is 4.88. The Morgan fingerprint density at radius 2 is 1.84 bits per heavy atom. The van der Waals surface area contributed by atoms with Gasteiger partial charge in [0.15, 0.2) is 11.6 Å². The van der Waals surface area contributed by atoms with Crippen LogP contribution in [0.1, 0.15) is 12.8 Å².